The number of hydrogen-bond acceptors (Lipinski definition) is 4. The average Bonchev–Trinajstić information content (AvgIpc) is 2.73. The van der Waals surface area contributed by atoms with E-state index in [1.807, 2.05) is 13.0 Å². The number of benzene rings is 3. The molecule has 31 heavy (non-hydrogen) atoms. The van der Waals surface area contributed by atoms with Gasteiger partial charge in [-0.25, -0.2) is 16.8 Å². The number of rotatable bonds is 5. The lowest BCUT2D eigenvalue weighted by atomic mass is 10.0. The second-order valence-electron chi connectivity index (χ2n) is 7.44. The monoisotopic (exact) mass is 476 g/mol. The minimum absolute atomic E-state index is 0.0956. The second-order valence-corrected chi connectivity index (χ2v) is 11.5. The Hall–Kier alpha value is -2.39. The summed E-state index contributed by atoms with van der Waals surface area (Å²) in [7, 11) is -7.42. The number of fused-ring (bicyclic) bond motifs is 1. The number of nitrogens with zero attached hydrogens (tertiary/aromatic N) is 1. The van der Waals surface area contributed by atoms with E-state index >= 15 is 0 Å². The van der Waals surface area contributed by atoms with Crippen LogP contribution in [0.1, 0.15) is 16.7 Å². The Morgan fingerprint density at radius 2 is 1.48 bits per heavy atom. The Bertz CT molecular complexity index is 1320. The molecule has 0 radical (unpaired) electrons. The van der Waals surface area contributed by atoms with Crippen LogP contribution in [0.25, 0.3) is 0 Å². The molecule has 9 heteroatoms. The highest BCUT2D eigenvalue weighted by Crippen LogP contribution is 2.28. The smallest absolute Gasteiger partial charge is 0.261 e. The summed E-state index contributed by atoms with van der Waals surface area (Å²) in [6.45, 7) is 2.46. The highest BCUT2D eigenvalue weighted by atomic mass is 35.5. The van der Waals surface area contributed by atoms with Crippen molar-refractivity contribution in [1.82, 2.24) is 4.31 Å². The number of nitrogens with one attached hydrogen (secondary N) is 1. The zero-order chi connectivity index (χ0) is 22.2. The summed E-state index contributed by atoms with van der Waals surface area (Å²) in [5.74, 6) is 0. The first-order valence-corrected chi connectivity index (χ1v) is 12.9. The van der Waals surface area contributed by atoms with E-state index in [-0.39, 0.29) is 16.3 Å². The zero-order valence-electron chi connectivity index (χ0n) is 16.7. The van der Waals surface area contributed by atoms with Gasteiger partial charge in [0.25, 0.3) is 10.0 Å². The van der Waals surface area contributed by atoms with E-state index in [4.69, 9.17) is 11.6 Å². The lowest BCUT2D eigenvalue weighted by Gasteiger charge is -2.28. The third-order valence-electron chi connectivity index (χ3n) is 5.22. The Labute approximate surface area is 187 Å². The standard InChI is InChI=1S/C22H21ClN2O4S2/c1-16-2-8-22(9-3-16)31(28,29)25-13-12-17-4-7-20(14-18(17)15-25)24-30(26,27)21-10-5-19(23)6-11-21/h2-11,14,24H,12-13,15H2,1H3. The van der Waals surface area contributed by atoms with Crippen LogP contribution in [0.15, 0.2) is 76.5 Å². The van der Waals surface area contributed by atoms with Gasteiger partial charge in [-0.05, 0) is 73.0 Å². The van der Waals surface area contributed by atoms with E-state index in [1.54, 1.807) is 36.4 Å². The topological polar surface area (TPSA) is 83.6 Å². The van der Waals surface area contributed by atoms with Gasteiger partial charge in [0.2, 0.25) is 10.0 Å². The van der Waals surface area contributed by atoms with Crippen molar-refractivity contribution >= 4 is 37.3 Å². The van der Waals surface area contributed by atoms with Crippen LogP contribution in [-0.4, -0.2) is 27.7 Å². The van der Waals surface area contributed by atoms with Crippen molar-refractivity contribution in [2.75, 3.05) is 11.3 Å². The maximum absolute atomic E-state index is 13.0. The molecular weight excluding hydrogens is 456 g/mol. The molecule has 0 fully saturated rings. The molecule has 6 nitrogen and oxygen atoms in total. The number of hydrogen-bond donors (Lipinski definition) is 1. The normalized spacial score (nSPS) is 14.8. The van der Waals surface area contributed by atoms with E-state index in [0.29, 0.717) is 23.7 Å². The third-order valence-corrected chi connectivity index (χ3v) is 8.73. The van der Waals surface area contributed by atoms with Crippen LogP contribution in [0.4, 0.5) is 5.69 Å². The molecular formula is C22H21ClN2O4S2. The molecule has 1 heterocycles. The molecule has 1 N–H and O–H groups in total. The van der Waals surface area contributed by atoms with Crippen LogP contribution in [0.5, 0.6) is 0 Å². The first kappa shape index (κ1) is 21.8. The van der Waals surface area contributed by atoms with Crippen LogP contribution < -0.4 is 4.72 Å². The van der Waals surface area contributed by atoms with Crippen LogP contribution in [0.3, 0.4) is 0 Å². The molecule has 4 rings (SSSR count). The van der Waals surface area contributed by atoms with Crippen molar-refractivity contribution in [2.24, 2.45) is 0 Å². The number of aryl methyl sites for hydroxylation is 1. The van der Waals surface area contributed by atoms with Gasteiger partial charge in [0.1, 0.15) is 0 Å². The molecule has 1 aliphatic heterocycles. The van der Waals surface area contributed by atoms with Crippen molar-refractivity contribution in [3.8, 4) is 0 Å². The first-order valence-electron chi connectivity index (χ1n) is 9.62. The molecule has 0 unspecified atom stereocenters. The summed E-state index contributed by atoms with van der Waals surface area (Å²) < 4.78 is 55.4. The summed E-state index contributed by atoms with van der Waals surface area (Å²) in [5.41, 5.74) is 3.15. The van der Waals surface area contributed by atoms with Crippen molar-refractivity contribution in [2.45, 2.75) is 29.7 Å². The van der Waals surface area contributed by atoms with E-state index in [2.05, 4.69) is 4.72 Å². The molecule has 3 aromatic rings. The van der Waals surface area contributed by atoms with Gasteiger partial charge in [-0.1, -0.05) is 35.4 Å². The maximum Gasteiger partial charge on any atom is 0.261 e. The fraction of sp³-hybridized carbons (Fsp3) is 0.182. The average molecular weight is 477 g/mol. The lowest BCUT2D eigenvalue weighted by Crippen LogP contribution is -2.36. The van der Waals surface area contributed by atoms with Gasteiger partial charge < -0.3 is 0 Å². The fourth-order valence-electron chi connectivity index (χ4n) is 3.49. The number of halogens is 1. The number of anilines is 1. The molecule has 0 saturated carbocycles. The van der Waals surface area contributed by atoms with Gasteiger partial charge in [0.05, 0.1) is 9.79 Å². The Morgan fingerprint density at radius 3 is 2.16 bits per heavy atom. The second kappa shape index (κ2) is 8.27. The van der Waals surface area contributed by atoms with Crippen molar-refractivity contribution in [3.63, 3.8) is 0 Å². The zero-order valence-corrected chi connectivity index (χ0v) is 19.1. The van der Waals surface area contributed by atoms with E-state index in [0.717, 1.165) is 16.7 Å². The summed E-state index contributed by atoms with van der Waals surface area (Å²) in [4.78, 5) is 0.347. The minimum atomic E-state index is -3.79. The van der Waals surface area contributed by atoms with Gasteiger partial charge in [-0.3, -0.25) is 4.72 Å². The van der Waals surface area contributed by atoms with E-state index in [1.165, 1.54) is 28.6 Å². The van der Waals surface area contributed by atoms with Crippen LogP contribution >= 0.6 is 11.6 Å². The molecule has 0 aromatic heterocycles. The molecule has 0 spiro atoms. The Balaban J connectivity index is 1.58. The predicted octanol–water partition coefficient (Wildman–Crippen LogP) is 4.20. The van der Waals surface area contributed by atoms with Gasteiger partial charge >= 0.3 is 0 Å². The first-order chi connectivity index (χ1) is 14.6. The van der Waals surface area contributed by atoms with E-state index < -0.39 is 20.0 Å². The molecule has 0 aliphatic carbocycles. The highest BCUT2D eigenvalue weighted by Gasteiger charge is 2.28. The SMILES string of the molecule is Cc1ccc(S(=O)(=O)N2CCc3ccc(NS(=O)(=O)c4ccc(Cl)cc4)cc3C2)cc1. The van der Waals surface area contributed by atoms with Gasteiger partial charge in [-0.2, -0.15) is 4.31 Å². The van der Waals surface area contributed by atoms with Crippen LogP contribution in [-0.2, 0) is 33.0 Å². The lowest BCUT2D eigenvalue weighted by molar-refractivity contribution is 0.391. The molecule has 3 aromatic carbocycles. The molecule has 0 amide bonds. The van der Waals surface area contributed by atoms with Gasteiger partial charge in [0, 0.05) is 23.8 Å². The summed E-state index contributed by atoms with van der Waals surface area (Å²) in [5, 5.41) is 0.447. The fourth-order valence-corrected chi connectivity index (χ4v) is 6.08. The van der Waals surface area contributed by atoms with Crippen LogP contribution in [0.2, 0.25) is 5.02 Å². The van der Waals surface area contributed by atoms with Crippen molar-refractivity contribution < 1.29 is 16.8 Å². The minimum Gasteiger partial charge on any atom is -0.280 e. The highest BCUT2D eigenvalue weighted by molar-refractivity contribution is 7.92. The quantitative estimate of drug-likeness (QED) is 0.598. The Kier molecular flexibility index (Phi) is 5.83. The maximum atomic E-state index is 13.0. The summed E-state index contributed by atoms with van der Waals surface area (Å²) >= 11 is 5.83. The Morgan fingerprint density at radius 1 is 0.839 bits per heavy atom. The summed E-state index contributed by atoms with van der Waals surface area (Å²) in [6.07, 6.45) is 0.560. The van der Waals surface area contributed by atoms with Crippen molar-refractivity contribution in [3.05, 3.63) is 88.4 Å². The van der Waals surface area contributed by atoms with E-state index in [9.17, 15) is 16.8 Å². The predicted molar refractivity (Wildman–Crippen MR) is 121 cm³/mol. The number of sulfonamides is 2. The van der Waals surface area contributed by atoms with Crippen molar-refractivity contribution in [1.29, 1.82) is 0 Å². The molecule has 1 aliphatic rings. The third kappa shape index (κ3) is 4.62. The van der Waals surface area contributed by atoms with Gasteiger partial charge in [0.15, 0.2) is 0 Å². The molecule has 0 bridgehead atoms. The van der Waals surface area contributed by atoms with Crippen LogP contribution in [0, 0.1) is 6.92 Å². The molecule has 0 atom stereocenters. The summed E-state index contributed by atoms with van der Waals surface area (Å²) in [6, 6.07) is 17.9. The largest absolute Gasteiger partial charge is 0.280 e. The molecule has 162 valence electrons. The molecule has 0 saturated heterocycles. The van der Waals surface area contributed by atoms with Gasteiger partial charge in [-0.15, -0.1) is 0 Å².